The quantitative estimate of drug-likeness (QED) is 0.354. The summed E-state index contributed by atoms with van der Waals surface area (Å²) in [6, 6.07) is 9.08. The van der Waals surface area contributed by atoms with Crippen LogP contribution in [0, 0.1) is 29.5 Å². The lowest BCUT2D eigenvalue weighted by Gasteiger charge is -2.40. The van der Waals surface area contributed by atoms with Gasteiger partial charge in [-0.3, -0.25) is 0 Å². The Hall–Kier alpha value is -2.28. The van der Waals surface area contributed by atoms with Gasteiger partial charge in [0.2, 0.25) is 0 Å². The second-order valence-electron chi connectivity index (χ2n) is 8.35. The van der Waals surface area contributed by atoms with E-state index in [2.05, 4.69) is 30.9 Å². The van der Waals surface area contributed by atoms with Crippen LogP contribution in [0.15, 0.2) is 36.4 Å². The summed E-state index contributed by atoms with van der Waals surface area (Å²) in [7, 11) is 0. The highest BCUT2D eigenvalue weighted by molar-refractivity contribution is 5.48. The van der Waals surface area contributed by atoms with Gasteiger partial charge in [0, 0.05) is 11.1 Å². The number of benzene rings is 2. The lowest BCUT2D eigenvalue weighted by atomic mass is 9.65. The van der Waals surface area contributed by atoms with Gasteiger partial charge in [-0.25, -0.2) is 4.39 Å². The molecule has 4 rings (SSSR count). The molecule has 1 fully saturated rings. The fraction of sp³-hybridized carbons (Fsp3) is 0.440. The fourth-order valence-electron chi connectivity index (χ4n) is 5.03. The number of hydrogen-bond acceptors (Lipinski definition) is 0. The van der Waals surface area contributed by atoms with E-state index in [-0.39, 0.29) is 5.56 Å². The number of fused-ring (bicyclic) bond motifs is 3. The van der Waals surface area contributed by atoms with E-state index in [1.54, 1.807) is 0 Å². The lowest BCUT2D eigenvalue weighted by molar-refractivity contribution is -0.140. The van der Waals surface area contributed by atoms with Crippen LogP contribution in [0.5, 0.6) is 0 Å². The average Bonchev–Trinajstić information content (AvgIpc) is 2.70. The van der Waals surface area contributed by atoms with Crippen molar-refractivity contribution in [2.75, 3.05) is 0 Å². The lowest BCUT2D eigenvalue weighted by Crippen LogP contribution is -2.27. The highest BCUT2D eigenvalue weighted by Crippen LogP contribution is 2.47. The van der Waals surface area contributed by atoms with E-state index in [1.165, 1.54) is 49.3 Å². The molecule has 2 aromatic carbocycles. The van der Waals surface area contributed by atoms with Crippen molar-refractivity contribution in [3.05, 3.63) is 70.0 Å². The van der Waals surface area contributed by atoms with Crippen LogP contribution in [0.1, 0.15) is 72.8 Å². The summed E-state index contributed by atoms with van der Waals surface area (Å²) in [5, 5.41) is 0. The van der Waals surface area contributed by atoms with Gasteiger partial charge in [-0.2, -0.15) is 13.2 Å². The standard InChI is InChI=1S/C25H24F4/c1-2-16-5-10-21-19(13-16)8-9-20-14-17(6-11-22(20)21)3-4-18-7-12-23(24(26)15-18)25(27,28)29/h6-7,11-12,14-16,19,21H,2,5,8-10,13H2,1H3/t16-,19-,21+/m1/s1. The number of alkyl halides is 3. The average molecular weight is 400 g/mol. The molecule has 0 saturated heterocycles. The second kappa shape index (κ2) is 7.86. The van der Waals surface area contributed by atoms with Crippen LogP contribution in [0.25, 0.3) is 0 Å². The van der Waals surface area contributed by atoms with Gasteiger partial charge >= 0.3 is 6.18 Å². The molecule has 2 aliphatic carbocycles. The normalized spacial score (nSPS) is 23.6. The monoisotopic (exact) mass is 400 g/mol. The Labute approximate surface area is 169 Å². The summed E-state index contributed by atoms with van der Waals surface area (Å²) in [4.78, 5) is 0. The number of rotatable bonds is 1. The summed E-state index contributed by atoms with van der Waals surface area (Å²) < 4.78 is 51.7. The third kappa shape index (κ3) is 4.20. The van der Waals surface area contributed by atoms with Crippen molar-refractivity contribution in [3.8, 4) is 11.8 Å². The van der Waals surface area contributed by atoms with Gasteiger partial charge in [-0.15, -0.1) is 0 Å². The van der Waals surface area contributed by atoms with Crippen LogP contribution in [0.4, 0.5) is 17.6 Å². The molecule has 4 heteroatoms. The van der Waals surface area contributed by atoms with Gasteiger partial charge in [-0.1, -0.05) is 31.3 Å². The first-order valence-corrected chi connectivity index (χ1v) is 10.4. The maximum absolute atomic E-state index is 13.7. The fourth-order valence-corrected chi connectivity index (χ4v) is 5.03. The van der Waals surface area contributed by atoms with Crippen molar-refractivity contribution in [2.24, 2.45) is 11.8 Å². The van der Waals surface area contributed by atoms with Crippen molar-refractivity contribution in [1.82, 2.24) is 0 Å². The molecule has 2 aliphatic rings. The molecule has 1 saturated carbocycles. The zero-order valence-corrected chi connectivity index (χ0v) is 16.5. The molecule has 152 valence electrons. The highest BCUT2D eigenvalue weighted by Gasteiger charge is 2.35. The van der Waals surface area contributed by atoms with Gasteiger partial charge in [0.05, 0.1) is 5.56 Å². The maximum atomic E-state index is 13.7. The van der Waals surface area contributed by atoms with E-state index in [1.807, 2.05) is 6.07 Å². The zero-order chi connectivity index (χ0) is 20.6. The van der Waals surface area contributed by atoms with Crippen LogP contribution in [-0.4, -0.2) is 0 Å². The van der Waals surface area contributed by atoms with Gasteiger partial charge in [-0.05, 0) is 91.3 Å². The zero-order valence-electron chi connectivity index (χ0n) is 16.5. The molecule has 2 aromatic rings. The summed E-state index contributed by atoms with van der Waals surface area (Å²) >= 11 is 0. The van der Waals surface area contributed by atoms with Gasteiger partial charge in [0.1, 0.15) is 5.82 Å². The topological polar surface area (TPSA) is 0 Å². The summed E-state index contributed by atoms with van der Waals surface area (Å²) in [5.41, 5.74) is 2.59. The molecule has 0 aliphatic heterocycles. The van der Waals surface area contributed by atoms with Gasteiger partial charge < -0.3 is 0 Å². The van der Waals surface area contributed by atoms with E-state index in [4.69, 9.17) is 0 Å². The number of aryl methyl sites for hydroxylation is 1. The van der Waals surface area contributed by atoms with Crippen molar-refractivity contribution < 1.29 is 17.6 Å². The molecule has 0 spiro atoms. The number of halogens is 4. The molecular weight excluding hydrogens is 376 g/mol. The van der Waals surface area contributed by atoms with Crippen LogP contribution in [-0.2, 0) is 12.6 Å². The van der Waals surface area contributed by atoms with Gasteiger partial charge in [0.25, 0.3) is 0 Å². The first kappa shape index (κ1) is 20.0. The largest absolute Gasteiger partial charge is 0.419 e. The van der Waals surface area contributed by atoms with E-state index in [9.17, 15) is 17.6 Å². The third-order valence-corrected chi connectivity index (χ3v) is 6.62. The van der Waals surface area contributed by atoms with Crippen molar-refractivity contribution in [1.29, 1.82) is 0 Å². The molecule has 0 aromatic heterocycles. The Balaban J connectivity index is 1.54. The third-order valence-electron chi connectivity index (χ3n) is 6.62. The summed E-state index contributed by atoms with van der Waals surface area (Å²) in [5.74, 6) is 6.80. The Morgan fingerprint density at radius 3 is 2.38 bits per heavy atom. The van der Waals surface area contributed by atoms with E-state index in [0.29, 0.717) is 5.92 Å². The van der Waals surface area contributed by atoms with Gasteiger partial charge in [0.15, 0.2) is 0 Å². The molecule has 0 radical (unpaired) electrons. The van der Waals surface area contributed by atoms with Crippen molar-refractivity contribution >= 4 is 0 Å². The molecule has 0 heterocycles. The van der Waals surface area contributed by atoms with E-state index < -0.39 is 17.6 Å². The smallest absolute Gasteiger partial charge is 0.206 e. The molecule has 29 heavy (non-hydrogen) atoms. The predicted octanol–water partition coefficient (Wildman–Crippen LogP) is 7.10. The Morgan fingerprint density at radius 1 is 0.966 bits per heavy atom. The molecule has 0 unspecified atom stereocenters. The van der Waals surface area contributed by atoms with Crippen LogP contribution < -0.4 is 0 Å². The predicted molar refractivity (Wildman–Crippen MR) is 106 cm³/mol. The summed E-state index contributed by atoms with van der Waals surface area (Å²) in [6.07, 6.45) is 2.75. The summed E-state index contributed by atoms with van der Waals surface area (Å²) in [6.45, 7) is 2.29. The molecule has 0 N–H and O–H groups in total. The minimum atomic E-state index is -4.69. The molecular formula is C25H24F4. The number of hydrogen-bond donors (Lipinski definition) is 0. The first-order chi connectivity index (χ1) is 13.8. The van der Waals surface area contributed by atoms with Crippen LogP contribution in [0.2, 0.25) is 0 Å². The van der Waals surface area contributed by atoms with E-state index in [0.717, 1.165) is 36.0 Å². The SMILES string of the molecule is CC[C@@H]1CC[C@@H]2c3ccc(C#Cc4ccc(C(F)(F)F)c(F)c4)cc3CC[C@@H]2C1. The van der Waals surface area contributed by atoms with Crippen LogP contribution in [0.3, 0.4) is 0 Å². The second-order valence-corrected chi connectivity index (χ2v) is 8.35. The van der Waals surface area contributed by atoms with E-state index >= 15 is 0 Å². The minimum Gasteiger partial charge on any atom is -0.206 e. The Bertz CT molecular complexity index is 961. The molecule has 0 bridgehead atoms. The molecule has 0 amide bonds. The van der Waals surface area contributed by atoms with Crippen LogP contribution >= 0.6 is 0 Å². The van der Waals surface area contributed by atoms with Crippen molar-refractivity contribution in [3.63, 3.8) is 0 Å². The molecule has 0 nitrogen and oxygen atoms in total. The Morgan fingerprint density at radius 2 is 1.69 bits per heavy atom. The maximum Gasteiger partial charge on any atom is 0.419 e. The van der Waals surface area contributed by atoms with Crippen molar-refractivity contribution in [2.45, 2.75) is 57.5 Å². The Kier molecular flexibility index (Phi) is 5.42. The highest BCUT2D eigenvalue weighted by atomic mass is 19.4. The minimum absolute atomic E-state index is 0.242. The molecule has 3 atom stereocenters. The first-order valence-electron chi connectivity index (χ1n) is 10.4.